The van der Waals surface area contributed by atoms with E-state index in [9.17, 15) is 19.8 Å². The summed E-state index contributed by atoms with van der Waals surface area (Å²) in [4.78, 5) is 24.5. The molecule has 2 N–H and O–H groups in total. The fourth-order valence-corrected chi connectivity index (χ4v) is 7.84. The first-order chi connectivity index (χ1) is 30.3. The van der Waals surface area contributed by atoms with Crippen LogP contribution in [0.25, 0.3) is 0 Å². The average molecular weight is 926 g/mol. The van der Waals surface area contributed by atoms with Crippen molar-refractivity contribution in [2.45, 2.75) is 74.1 Å². The van der Waals surface area contributed by atoms with Crippen molar-refractivity contribution in [3.8, 4) is 34.5 Å². The van der Waals surface area contributed by atoms with Crippen LogP contribution in [-0.2, 0) is 35.3 Å². The van der Waals surface area contributed by atoms with E-state index in [1.54, 1.807) is 78.3 Å². The van der Waals surface area contributed by atoms with Crippen LogP contribution in [0.3, 0.4) is 0 Å². The number of ether oxygens (including phenoxy) is 4. The molecule has 0 amide bonds. The van der Waals surface area contributed by atoms with Crippen molar-refractivity contribution in [3.05, 3.63) is 173 Å². The van der Waals surface area contributed by atoms with Gasteiger partial charge in [-0.3, -0.25) is 9.59 Å². The molecule has 0 fully saturated rings. The lowest BCUT2D eigenvalue weighted by Crippen LogP contribution is -2.16. The number of benzene rings is 6. The van der Waals surface area contributed by atoms with Gasteiger partial charge in [0.1, 0.15) is 34.5 Å². The van der Waals surface area contributed by atoms with Gasteiger partial charge in [-0.2, -0.15) is 0 Å². The third-order valence-electron chi connectivity index (χ3n) is 10.4. The Bertz CT molecular complexity index is 2540. The van der Waals surface area contributed by atoms with E-state index in [0.717, 1.165) is 61.4 Å². The molecule has 0 aliphatic rings. The molecular formula is C53H55Cl3O8. The Balaban J connectivity index is 0.000000248. The molecule has 0 saturated carbocycles. The number of methoxy groups -OCH3 is 2. The minimum absolute atomic E-state index is 0.171. The minimum atomic E-state index is -0.294. The van der Waals surface area contributed by atoms with E-state index in [-0.39, 0.29) is 35.3 Å². The van der Waals surface area contributed by atoms with E-state index in [4.69, 9.17) is 53.8 Å². The van der Waals surface area contributed by atoms with Gasteiger partial charge in [-0.25, -0.2) is 0 Å². The Morgan fingerprint density at radius 3 is 1.33 bits per heavy atom. The molecule has 0 spiro atoms. The fourth-order valence-electron chi connectivity index (χ4n) is 7.19. The number of hydrogen-bond acceptors (Lipinski definition) is 8. The molecule has 0 atom stereocenters. The van der Waals surface area contributed by atoms with Gasteiger partial charge in [-0.05, 0) is 109 Å². The number of halogens is 3. The van der Waals surface area contributed by atoms with Crippen LogP contribution in [0.5, 0.6) is 34.5 Å². The summed E-state index contributed by atoms with van der Waals surface area (Å²) in [6, 6.07) is 29.4. The van der Waals surface area contributed by atoms with Crippen LogP contribution < -0.4 is 18.9 Å². The monoisotopic (exact) mass is 924 g/mol. The Morgan fingerprint density at radius 2 is 0.859 bits per heavy atom. The van der Waals surface area contributed by atoms with E-state index < -0.39 is 0 Å². The lowest BCUT2D eigenvalue weighted by atomic mass is 9.94. The summed E-state index contributed by atoms with van der Waals surface area (Å²) in [5, 5.41) is 23.2. The maximum absolute atomic E-state index is 12.3. The lowest BCUT2D eigenvalue weighted by molar-refractivity contribution is -0.138. The van der Waals surface area contributed by atoms with Crippen molar-refractivity contribution in [2.75, 3.05) is 14.2 Å². The molecule has 0 radical (unpaired) electrons. The Morgan fingerprint density at radius 1 is 0.469 bits per heavy atom. The van der Waals surface area contributed by atoms with Crippen molar-refractivity contribution in [2.24, 2.45) is 11.8 Å². The second-order valence-electron chi connectivity index (χ2n) is 16.5. The standard InChI is InChI=1S/C31H36O5.C22H19Cl3O3/c1-18(2)30(33)35-27-10-8-20(5)12-23(27)16-25-14-22(7)15-26(29(25)32)17-24-13-21(6)9-11-28(24)36-31(34)19(3)4;1-27-21-6-4-18(24)10-14(21)8-16-12-19(25)11-15(22(16)28-2)7-13-9-17(23)3-5-20(13)26/h8-15,18-19,32H,16-17H2,1-7H3;3-6,9-12,26H,7-8H2,1-2H3. The predicted octanol–water partition coefficient (Wildman–Crippen LogP) is 13.2. The van der Waals surface area contributed by atoms with Crippen LogP contribution in [0.4, 0.5) is 0 Å². The van der Waals surface area contributed by atoms with Gasteiger partial charge >= 0.3 is 11.9 Å². The summed E-state index contributed by atoms with van der Waals surface area (Å²) < 4.78 is 22.4. The van der Waals surface area contributed by atoms with Gasteiger partial charge in [0.15, 0.2) is 0 Å². The fraction of sp³-hybridized carbons (Fsp3) is 0.283. The highest BCUT2D eigenvalue weighted by Crippen LogP contribution is 2.37. The summed E-state index contributed by atoms with van der Waals surface area (Å²) in [5.74, 6) is 1.72. The highest BCUT2D eigenvalue weighted by molar-refractivity contribution is 6.31. The molecule has 336 valence electrons. The second kappa shape index (κ2) is 22.3. The normalized spacial score (nSPS) is 11.0. The quantitative estimate of drug-likeness (QED) is 0.0821. The van der Waals surface area contributed by atoms with Crippen molar-refractivity contribution >= 4 is 46.7 Å². The van der Waals surface area contributed by atoms with Crippen LogP contribution in [0, 0.1) is 32.6 Å². The van der Waals surface area contributed by atoms with Crippen molar-refractivity contribution < 1.29 is 38.7 Å². The number of hydrogen-bond donors (Lipinski definition) is 2. The molecule has 64 heavy (non-hydrogen) atoms. The van der Waals surface area contributed by atoms with Crippen LogP contribution in [0.15, 0.2) is 97.1 Å². The zero-order valence-corrected chi connectivity index (χ0v) is 40.0. The van der Waals surface area contributed by atoms with Gasteiger partial charge in [0, 0.05) is 57.4 Å². The van der Waals surface area contributed by atoms with E-state index in [1.165, 1.54) is 0 Å². The number of carbonyl (C=O) groups is 2. The Kier molecular flexibility index (Phi) is 17.2. The number of rotatable bonds is 14. The van der Waals surface area contributed by atoms with Gasteiger partial charge in [0.2, 0.25) is 0 Å². The van der Waals surface area contributed by atoms with Crippen LogP contribution in [-0.4, -0.2) is 36.4 Å². The van der Waals surface area contributed by atoms with Gasteiger partial charge in [0.25, 0.3) is 0 Å². The molecule has 6 rings (SSSR count). The molecule has 0 unspecified atom stereocenters. The molecule has 6 aromatic carbocycles. The Hall–Kier alpha value is -5.67. The first kappa shape index (κ1) is 49.3. The molecule has 0 aliphatic carbocycles. The summed E-state index contributed by atoms with van der Waals surface area (Å²) in [6.07, 6.45) is 1.77. The number of aryl methyl sites for hydroxylation is 3. The van der Waals surface area contributed by atoms with Gasteiger partial charge in [0.05, 0.1) is 26.1 Å². The van der Waals surface area contributed by atoms with Crippen LogP contribution in [0.2, 0.25) is 15.1 Å². The molecule has 0 saturated heterocycles. The molecule has 8 nitrogen and oxygen atoms in total. The molecule has 0 bridgehead atoms. The largest absolute Gasteiger partial charge is 0.508 e. The van der Waals surface area contributed by atoms with Crippen LogP contribution >= 0.6 is 34.8 Å². The molecular weight excluding hydrogens is 871 g/mol. The van der Waals surface area contributed by atoms with Crippen molar-refractivity contribution in [1.29, 1.82) is 0 Å². The lowest BCUT2D eigenvalue weighted by Gasteiger charge is -2.17. The topological polar surface area (TPSA) is 112 Å². The molecule has 6 aromatic rings. The van der Waals surface area contributed by atoms with E-state index in [1.807, 2.05) is 81.4 Å². The third-order valence-corrected chi connectivity index (χ3v) is 11.1. The highest BCUT2D eigenvalue weighted by atomic mass is 35.5. The predicted molar refractivity (Wildman–Crippen MR) is 256 cm³/mol. The number of aromatic hydroxyl groups is 2. The van der Waals surface area contributed by atoms with Crippen molar-refractivity contribution in [3.63, 3.8) is 0 Å². The van der Waals surface area contributed by atoms with E-state index in [0.29, 0.717) is 63.6 Å². The Labute approximate surface area is 391 Å². The van der Waals surface area contributed by atoms with E-state index in [2.05, 4.69) is 0 Å². The molecule has 0 heterocycles. The number of phenolic OH excluding ortho intramolecular Hbond substituents is 2. The number of carbonyl (C=O) groups excluding carboxylic acids is 2. The van der Waals surface area contributed by atoms with Gasteiger partial charge < -0.3 is 29.2 Å². The summed E-state index contributed by atoms with van der Waals surface area (Å²) >= 11 is 18.6. The summed E-state index contributed by atoms with van der Waals surface area (Å²) in [5.41, 5.74) is 9.59. The molecule has 0 aliphatic heterocycles. The third kappa shape index (κ3) is 13.2. The SMILES string of the molecule is COc1ccc(Cl)cc1Cc1cc(Cl)cc(Cc2cc(Cl)ccc2O)c1OC.Cc1ccc(OC(=O)C(C)C)c(Cc2cc(C)cc(Cc3cc(C)ccc3OC(=O)C(C)C)c2O)c1. The van der Waals surface area contributed by atoms with Gasteiger partial charge in [-0.15, -0.1) is 0 Å². The first-order valence-electron chi connectivity index (χ1n) is 20.9. The first-order valence-corrected chi connectivity index (χ1v) is 22.1. The zero-order chi connectivity index (χ0) is 46.8. The smallest absolute Gasteiger partial charge is 0.313 e. The highest BCUT2D eigenvalue weighted by Gasteiger charge is 2.20. The molecule has 11 heteroatoms. The number of esters is 2. The maximum atomic E-state index is 12.3. The van der Waals surface area contributed by atoms with Crippen LogP contribution in [0.1, 0.15) is 88.9 Å². The summed E-state index contributed by atoms with van der Waals surface area (Å²) in [6.45, 7) is 13.1. The second-order valence-corrected chi connectivity index (χ2v) is 17.8. The van der Waals surface area contributed by atoms with Crippen molar-refractivity contribution in [1.82, 2.24) is 0 Å². The van der Waals surface area contributed by atoms with E-state index >= 15 is 0 Å². The maximum Gasteiger partial charge on any atom is 0.313 e. The van der Waals surface area contributed by atoms with Gasteiger partial charge in [-0.1, -0.05) is 116 Å². The average Bonchev–Trinajstić information content (AvgIpc) is 3.23. The minimum Gasteiger partial charge on any atom is -0.508 e. The number of phenols is 2. The summed E-state index contributed by atoms with van der Waals surface area (Å²) in [7, 11) is 3.23. The zero-order valence-electron chi connectivity index (χ0n) is 37.7. The molecule has 0 aromatic heterocycles.